The monoisotopic (exact) mass is 606 g/mol. The summed E-state index contributed by atoms with van der Waals surface area (Å²) in [5, 5.41) is 13.9. The minimum absolute atomic E-state index is 0.0926. The van der Waals surface area contributed by atoms with Crippen LogP contribution < -0.4 is 5.32 Å². The molecule has 3 unspecified atom stereocenters. The highest BCUT2D eigenvalue weighted by molar-refractivity contribution is 7.91. The summed E-state index contributed by atoms with van der Waals surface area (Å²) in [5.41, 5.74) is 6.62. The standard InChI is InChI=1S/C32H38N4O4S2/c1-19-14-24(21-10-12-42(39,40)13-11-21)15-25-28(20(19)2)29(35-18-34-25)23-8-6-22(7-9-23)26(17-37)36-30(38)27-16-33-31(41-27)32(3,4)5/h6-10,15-16,18-20,26,37H,11-14,17H2,1-5H3,(H,36,38). The van der Waals surface area contributed by atoms with Gasteiger partial charge < -0.3 is 10.4 Å². The number of thiazole rings is 1. The van der Waals surface area contributed by atoms with Crippen LogP contribution in [0.15, 0.2) is 54.0 Å². The van der Waals surface area contributed by atoms with Gasteiger partial charge in [-0.1, -0.05) is 65.0 Å². The van der Waals surface area contributed by atoms with E-state index in [0.717, 1.165) is 50.7 Å². The van der Waals surface area contributed by atoms with E-state index in [4.69, 9.17) is 4.98 Å². The summed E-state index contributed by atoms with van der Waals surface area (Å²) < 4.78 is 24.0. The molecule has 8 nitrogen and oxygen atoms in total. The number of carbonyl (C=O) groups excluding carboxylic acids is 1. The van der Waals surface area contributed by atoms with E-state index in [2.05, 4.69) is 56.0 Å². The Labute approximate surface area is 252 Å². The van der Waals surface area contributed by atoms with Crippen LogP contribution in [0.2, 0.25) is 0 Å². The Morgan fingerprint density at radius 3 is 2.48 bits per heavy atom. The lowest BCUT2D eigenvalue weighted by atomic mass is 9.83. The number of aliphatic hydroxyl groups excluding tert-OH is 1. The number of aromatic nitrogens is 3. The van der Waals surface area contributed by atoms with E-state index in [1.165, 1.54) is 11.3 Å². The summed E-state index contributed by atoms with van der Waals surface area (Å²) in [6.07, 6.45) is 8.52. The van der Waals surface area contributed by atoms with Gasteiger partial charge in [-0.15, -0.1) is 11.3 Å². The third-order valence-electron chi connectivity index (χ3n) is 8.20. The van der Waals surface area contributed by atoms with Crippen molar-refractivity contribution in [2.24, 2.45) is 5.92 Å². The van der Waals surface area contributed by atoms with Crippen molar-refractivity contribution < 1.29 is 18.3 Å². The first-order valence-corrected chi connectivity index (χ1v) is 16.9. The van der Waals surface area contributed by atoms with Crippen LogP contribution in [-0.2, 0) is 15.3 Å². The van der Waals surface area contributed by atoms with Crippen molar-refractivity contribution in [1.82, 2.24) is 20.3 Å². The Hall–Kier alpha value is -3.21. The molecule has 0 saturated heterocycles. The Bertz CT molecular complexity index is 1650. The molecule has 0 bridgehead atoms. The number of fused-ring (bicyclic) bond motifs is 1. The normalized spacial score (nSPS) is 21.0. The summed E-state index contributed by atoms with van der Waals surface area (Å²) >= 11 is 1.37. The van der Waals surface area contributed by atoms with Crippen LogP contribution in [0.1, 0.15) is 90.9 Å². The predicted molar refractivity (Wildman–Crippen MR) is 167 cm³/mol. The van der Waals surface area contributed by atoms with E-state index in [1.54, 1.807) is 12.5 Å². The fourth-order valence-corrected chi connectivity index (χ4v) is 7.52. The molecule has 5 rings (SSSR count). The lowest BCUT2D eigenvalue weighted by molar-refractivity contribution is 0.0920. The molecular formula is C32H38N4O4S2. The minimum atomic E-state index is -3.00. The number of benzene rings is 1. The molecule has 1 aliphatic heterocycles. The van der Waals surface area contributed by atoms with Crippen LogP contribution in [0.3, 0.4) is 0 Å². The van der Waals surface area contributed by atoms with Crippen LogP contribution in [0.25, 0.3) is 17.3 Å². The van der Waals surface area contributed by atoms with Crippen molar-refractivity contribution in [3.05, 3.63) is 80.7 Å². The van der Waals surface area contributed by atoms with E-state index in [9.17, 15) is 18.3 Å². The maximum absolute atomic E-state index is 12.9. The number of sulfone groups is 1. The number of nitrogens with zero attached hydrogens (tertiary/aromatic N) is 3. The minimum Gasteiger partial charge on any atom is -0.394 e. The van der Waals surface area contributed by atoms with Gasteiger partial charge in [0.2, 0.25) is 0 Å². The van der Waals surface area contributed by atoms with E-state index < -0.39 is 15.9 Å². The maximum atomic E-state index is 12.9. The zero-order valence-electron chi connectivity index (χ0n) is 24.7. The van der Waals surface area contributed by atoms with E-state index >= 15 is 0 Å². The predicted octanol–water partition coefficient (Wildman–Crippen LogP) is 5.63. The summed E-state index contributed by atoms with van der Waals surface area (Å²) in [5.74, 6) is 0.504. The topological polar surface area (TPSA) is 122 Å². The number of carbonyl (C=O) groups is 1. The highest BCUT2D eigenvalue weighted by atomic mass is 32.2. The Morgan fingerprint density at radius 2 is 1.86 bits per heavy atom. The summed E-state index contributed by atoms with van der Waals surface area (Å²) in [6.45, 7) is 10.3. The number of aliphatic hydroxyl groups is 1. The average molecular weight is 607 g/mol. The average Bonchev–Trinajstić information content (AvgIpc) is 3.42. The van der Waals surface area contributed by atoms with Crippen molar-refractivity contribution in [2.75, 3.05) is 18.1 Å². The molecule has 1 aromatic carbocycles. The first kappa shape index (κ1) is 30.3. The van der Waals surface area contributed by atoms with Gasteiger partial charge in [-0.25, -0.2) is 23.4 Å². The van der Waals surface area contributed by atoms with E-state index in [1.807, 2.05) is 30.3 Å². The van der Waals surface area contributed by atoms with Crippen LogP contribution in [0.5, 0.6) is 0 Å². The molecule has 3 aromatic rings. The fraction of sp³-hybridized carbons (Fsp3) is 0.438. The highest BCUT2D eigenvalue weighted by Crippen LogP contribution is 2.42. The van der Waals surface area contributed by atoms with E-state index in [0.29, 0.717) is 17.2 Å². The molecule has 3 atom stereocenters. The molecule has 1 amide bonds. The van der Waals surface area contributed by atoms with Gasteiger partial charge in [-0.3, -0.25) is 4.79 Å². The van der Waals surface area contributed by atoms with Crippen LogP contribution in [0, 0.1) is 5.92 Å². The van der Waals surface area contributed by atoms with Gasteiger partial charge in [-0.05, 0) is 47.5 Å². The Morgan fingerprint density at radius 1 is 1.12 bits per heavy atom. The van der Waals surface area contributed by atoms with Gasteiger partial charge in [0.15, 0.2) is 9.84 Å². The lowest BCUT2D eigenvalue weighted by Gasteiger charge is -2.23. The fourth-order valence-electron chi connectivity index (χ4n) is 5.49. The lowest BCUT2D eigenvalue weighted by Crippen LogP contribution is -2.30. The van der Waals surface area contributed by atoms with Gasteiger partial charge in [-0.2, -0.15) is 0 Å². The summed E-state index contributed by atoms with van der Waals surface area (Å²) in [6, 6.07) is 7.21. The third-order valence-corrected chi connectivity index (χ3v) is 11.1. The largest absolute Gasteiger partial charge is 0.394 e. The summed E-state index contributed by atoms with van der Waals surface area (Å²) in [4.78, 5) is 27.2. The number of nitrogens with one attached hydrogen (secondary N) is 1. The quantitative estimate of drug-likeness (QED) is 0.373. The molecule has 1 aliphatic carbocycles. The van der Waals surface area contributed by atoms with Crippen molar-refractivity contribution in [2.45, 2.75) is 64.8 Å². The van der Waals surface area contributed by atoms with Crippen LogP contribution in [-0.4, -0.2) is 52.5 Å². The molecule has 0 spiro atoms. The molecule has 0 saturated carbocycles. The van der Waals surface area contributed by atoms with Crippen LogP contribution >= 0.6 is 11.3 Å². The third kappa shape index (κ3) is 6.40. The van der Waals surface area contributed by atoms with Gasteiger partial charge in [0.25, 0.3) is 5.91 Å². The molecule has 222 valence electrons. The van der Waals surface area contributed by atoms with Gasteiger partial charge in [0.05, 0.1) is 46.7 Å². The van der Waals surface area contributed by atoms with Gasteiger partial charge in [0, 0.05) is 16.5 Å². The zero-order chi connectivity index (χ0) is 30.2. The number of hydrogen-bond acceptors (Lipinski definition) is 8. The Balaban J connectivity index is 1.41. The highest BCUT2D eigenvalue weighted by Gasteiger charge is 2.29. The second-order valence-corrected chi connectivity index (χ2v) is 15.6. The first-order chi connectivity index (χ1) is 19.9. The van der Waals surface area contributed by atoms with Crippen molar-refractivity contribution in [3.8, 4) is 11.3 Å². The molecule has 2 N–H and O–H groups in total. The Kier molecular flexibility index (Phi) is 8.51. The van der Waals surface area contributed by atoms with Gasteiger partial charge >= 0.3 is 0 Å². The van der Waals surface area contributed by atoms with E-state index in [-0.39, 0.29) is 35.4 Å². The molecule has 2 aromatic heterocycles. The van der Waals surface area contributed by atoms with Crippen molar-refractivity contribution in [1.29, 1.82) is 0 Å². The smallest absolute Gasteiger partial charge is 0.263 e. The van der Waals surface area contributed by atoms with Crippen molar-refractivity contribution >= 4 is 33.2 Å². The summed E-state index contributed by atoms with van der Waals surface area (Å²) in [7, 11) is -3.00. The van der Waals surface area contributed by atoms with Crippen LogP contribution in [0.4, 0.5) is 0 Å². The zero-order valence-corrected chi connectivity index (χ0v) is 26.3. The van der Waals surface area contributed by atoms with Gasteiger partial charge in [0.1, 0.15) is 11.2 Å². The second-order valence-electron chi connectivity index (χ2n) is 12.4. The molecule has 2 aliphatic rings. The number of allylic oxidation sites excluding steroid dienone is 2. The SMILES string of the molecule is CC1CC(C2=CCS(=O)(=O)CC2)=Cc2ncnc(-c3ccc(C(CO)NC(=O)c4cnc(C(C)(C)C)s4)cc3)c2C1C. The number of hydrogen-bond donors (Lipinski definition) is 2. The maximum Gasteiger partial charge on any atom is 0.263 e. The molecule has 10 heteroatoms. The molecule has 42 heavy (non-hydrogen) atoms. The second kappa shape index (κ2) is 11.8. The molecular weight excluding hydrogens is 569 g/mol. The van der Waals surface area contributed by atoms with Crippen molar-refractivity contribution in [3.63, 3.8) is 0 Å². The number of amides is 1. The first-order valence-electron chi connectivity index (χ1n) is 14.3. The molecule has 3 heterocycles. The number of rotatable bonds is 6. The molecule has 0 fully saturated rings. The molecule has 0 radical (unpaired) electrons.